The number of ether oxygens (including phenoxy) is 2. The predicted molar refractivity (Wildman–Crippen MR) is 116 cm³/mol. The zero-order chi connectivity index (χ0) is 21.3. The first-order chi connectivity index (χ1) is 14.3. The van der Waals surface area contributed by atoms with Gasteiger partial charge < -0.3 is 19.4 Å². The van der Waals surface area contributed by atoms with Crippen molar-refractivity contribution in [1.82, 2.24) is 19.9 Å². The van der Waals surface area contributed by atoms with Crippen LogP contribution in [0.5, 0.6) is 0 Å². The number of carbonyl (C=O) groups is 1. The molecule has 0 atom stereocenters. The smallest absolute Gasteiger partial charge is 0.410 e. The molecule has 1 saturated carbocycles. The standard InChI is InChI=1S/C23H34N4O3/c1-23(2,3)30-22(28)27-13-10-15(11-14-27)18-9-12-24-21-19(18)25-20(26-21)16-5-7-17(29-4)8-6-16/h9,12,15-17H,5-8,10-11,13-14H2,1-4H3,(H,24,25,26). The highest BCUT2D eigenvalue weighted by Crippen LogP contribution is 2.36. The highest BCUT2D eigenvalue weighted by atomic mass is 16.6. The first-order valence-electron chi connectivity index (χ1n) is 11.2. The number of methoxy groups -OCH3 is 1. The number of hydrogen-bond donors (Lipinski definition) is 1. The quantitative estimate of drug-likeness (QED) is 0.784. The van der Waals surface area contributed by atoms with Crippen molar-refractivity contribution in [2.24, 2.45) is 0 Å². The zero-order valence-corrected chi connectivity index (χ0v) is 18.6. The molecular weight excluding hydrogens is 380 g/mol. The van der Waals surface area contributed by atoms with Crippen LogP contribution in [0, 0.1) is 0 Å². The van der Waals surface area contributed by atoms with Gasteiger partial charge in [0.05, 0.1) is 6.10 Å². The molecule has 1 aliphatic carbocycles. The topological polar surface area (TPSA) is 80.3 Å². The fraction of sp³-hybridized carbons (Fsp3) is 0.696. The number of fused-ring (bicyclic) bond motifs is 1. The second kappa shape index (κ2) is 8.53. The van der Waals surface area contributed by atoms with E-state index in [1.165, 1.54) is 5.56 Å². The number of nitrogens with zero attached hydrogens (tertiary/aromatic N) is 3. The van der Waals surface area contributed by atoms with Crippen LogP contribution < -0.4 is 0 Å². The third-order valence-corrected chi connectivity index (χ3v) is 6.41. The van der Waals surface area contributed by atoms with Crippen molar-refractivity contribution in [3.8, 4) is 0 Å². The lowest BCUT2D eigenvalue weighted by Crippen LogP contribution is -2.41. The molecule has 0 spiro atoms. The van der Waals surface area contributed by atoms with E-state index in [1.54, 1.807) is 7.11 Å². The molecule has 2 aromatic heterocycles. The second-order valence-corrected chi connectivity index (χ2v) is 9.67. The molecule has 7 nitrogen and oxygen atoms in total. The van der Waals surface area contributed by atoms with Crippen LogP contribution in [-0.4, -0.2) is 57.8 Å². The van der Waals surface area contributed by atoms with E-state index in [9.17, 15) is 4.79 Å². The van der Waals surface area contributed by atoms with Gasteiger partial charge in [-0.2, -0.15) is 0 Å². The number of carbonyl (C=O) groups excluding carboxylic acids is 1. The fourth-order valence-electron chi connectivity index (χ4n) is 4.74. The molecule has 0 bridgehead atoms. The lowest BCUT2D eigenvalue weighted by Gasteiger charge is -2.33. The normalized spacial score (nSPS) is 23.7. The second-order valence-electron chi connectivity index (χ2n) is 9.67. The number of pyridine rings is 1. The van der Waals surface area contributed by atoms with Crippen molar-refractivity contribution in [2.75, 3.05) is 20.2 Å². The van der Waals surface area contributed by atoms with E-state index in [-0.39, 0.29) is 6.09 Å². The number of nitrogens with one attached hydrogen (secondary N) is 1. The Labute approximate surface area is 178 Å². The molecule has 0 radical (unpaired) electrons. The Bertz CT molecular complexity index is 872. The van der Waals surface area contributed by atoms with Gasteiger partial charge in [0.2, 0.25) is 0 Å². The predicted octanol–water partition coefficient (Wildman–Crippen LogP) is 4.75. The Balaban J connectivity index is 1.45. The van der Waals surface area contributed by atoms with Gasteiger partial charge in [0.25, 0.3) is 0 Å². The van der Waals surface area contributed by atoms with E-state index < -0.39 is 5.60 Å². The van der Waals surface area contributed by atoms with Gasteiger partial charge in [-0.1, -0.05) is 0 Å². The van der Waals surface area contributed by atoms with Crippen molar-refractivity contribution >= 4 is 17.3 Å². The highest BCUT2D eigenvalue weighted by molar-refractivity contribution is 5.75. The van der Waals surface area contributed by atoms with Gasteiger partial charge in [0.1, 0.15) is 16.9 Å². The minimum absolute atomic E-state index is 0.213. The molecule has 2 aromatic rings. The van der Waals surface area contributed by atoms with Gasteiger partial charge in [-0.15, -0.1) is 0 Å². The average molecular weight is 415 g/mol. The molecule has 3 heterocycles. The Morgan fingerprint density at radius 3 is 2.43 bits per heavy atom. The van der Waals surface area contributed by atoms with Gasteiger partial charge in [0, 0.05) is 32.3 Å². The van der Waals surface area contributed by atoms with E-state index >= 15 is 0 Å². The third-order valence-electron chi connectivity index (χ3n) is 6.41. The van der Waals surface area contributed by atoms with Crippen LogP contribution in [0.4, 0.5) is 4.79 Å². The van der Waals surface area contributed by atoms with E-state index in [4.69, 9.17) is 14.5 Å². The van der Waals surface area contributed by atoms with Gasteiger partial charge in [-0.25, -0.2) is 14.8 Å². The monoisotopic (exact) mass is 414 g/mol. The molecule has 0 unspecified atom stereocenters. The van der Waals surface area contributed by atoms with E-state index in [0.29, 0.717) is 31.0 Å². The number of imidazole rings is 1. The van der Waals surface area contributed by atoms with Gasteiger partial charge in [-0.05, 0) is 76.8 Å². The van der Waals surface area contributed by atoms with Crippen LogP contribution in [0.2, 0.25) is 0 Å². The number of rotatable bonds is 3. The summed E-state index contributed by atoms with van der Waals surface area (Å²) in [5.41, 5.74) is 2.67. The summed E-state index contributed by atoms with van der Waals surface area (Å²) in [6.07, 6.45) is 8.25. The molecule has 1 amide bonds. The number of amides is 1. The third kappa shape index (κ3) is 4.61. The van der Waals surface area contributed by atoms with Crippen molar-refractivity contribution in [3.05, 3.63) is 23.7 Å². The summed E-state index contributed by atoms with van der Waals surface area (Å²) in [7, 11) is 1.80. The highest BCUT2D eigenvalue weighted by Gasteiger charge is 2.30. The van der Waals surface area contributed by atoms with Crippen LogP contribution in [0.25, 0.3) is 11.2 Å². The first-order valence-corrected chi connectivity index (χ1v) is 11.2. The minimum Gasteiger partial charge on any atom is -0.444 e. The maximum atomic E-state index is 12.4. The summed E-state index contributed by atoms with van der Waals surface area (Å²) in [5, 5.41) is 0. The molecule has 1 N–H and O–H groups in total. The molecule has 164 valence electrons. The number of aromatic amines is 1. The maximum Gasteiger partial charge on any atom is 0.410 e. The molecule has 7 heteroatoms. The van der Waals surface area contributed by atoms with Crippen molar-refractivity contribution in [3.63, 3.8) is 0 Å². The number of aromatic nitrogens is 3. The van der Waals surface area contributed by atoms with Crippen molar-refractivity contribution in [2.45, 2.75) is 82.8 Å². The van der Waals surface area contributed by atoms with Crippen LogP contribution in [0.3, 0.4) is 0 Å². The van der Waals surface area contributed by atoms with E-state index in [0.717, 1.165) is 55.5 Å². The summed E-state index contributed by atoms with van der Waals surface area (Å²) in [5.74, 6) is 1.90. The van der Waals surface area contributed by atoms with Gasteiger partial charge in [-0.3, -0.25) is 0 Å². The van der Waals surface area contributed by atoms with E-state index in [2.05, 4.69) is 16.0 Å². The minimum atomic E-state index is -0.459. The Hall–Kier alpha value is -2.15. The average Bonchev–Trinajstić information content (AvgIpc) is 3.17. The summed E-state index contributed by atoms with van der Waals surface area (Å²) in [6, 6.07) is 2.10. The Morgan fingerprint density at radius 2 is 1.80 bits per heavy atom. The van der Waals surface area contributed by atoms with Crippen LogP contribution in [-0.2, 0) is 9.47 Å². The Kier molecular flexibility index (Phi) is 6.00. The van der Waals surface area contributed by atoms with Crippen LogP contribution in [0.15, 0.2) is 12.3 Å². The molecular formula is C23H34N4O3. The van der Waals surface area contributed by atoms with Gasteiger partial charge >= 0.3 is 6.09 Å². The van der Waals surface area contributed by atoms with Crippen LogP contribution >= 0.6 is 0 Å². The summed E-state index contributed by atoms with van der Waals surface area (Å²) < 4.78 is 11.0. The molecule has 4 rings (SSSR count). The number of likely N-dealkylation sites (tertiary alicyclic amines) is 1. The molecule has 30 heavy (non-hydrogen) atoms. The number of hydrogen-bond acceptors (Lipinski definition) is 5. The van der Waals surface area contributed by atoms with Crippen molar-refractivity contribution < 1.29 is 14.3 Å². The number of H-pyrrole nitrogens is 1. The summed E-state index contributed by atoms with van der Waals surface area (Å²) >= 11 is 0. The molecule has 1 saturated heterocycles. The Morgan fingerprint density at radius 1 is 1.10 bits per heavy atom. The molecule has 1 aliphatic heterocycles. The largest absolute Gasteiger partial charge is 0.444 e. The zero-order valence-electron chi connectivity index (χ0n) is 18.6. The maximum absolute atomic E-state index is 12.4. The first kappa shape index (κ1) is 21.1. The lowest BCUT2D eigenvalue weighted by molar-refractivity contribution is 0.0205. The SMILES string of the molecule is COC1CCC(c2nc3c(C4CCN(C(=O)OC(C)(C)C)CC4)ccnc3[nH]2)CC1. The van der Waals surface area contributed by atoms with Gasteiger partial charge in [0.15, 0.2) is 5.65 Å². The summed E-state index contributed by atoms with van der Waals surface area (Å²) in [4.78, 5) is 27.2. The molecule has 2 fully saturated rings. The summed E-state index contributed by atoms with van der Waals surface area (Å²) in [6.45, 7) is 7.14. The molecule has 0 aromatic carbocycles. The van der Waals surface area contributed by atoms with E-state index in [1.807, 2.05) is 31.9 Å². The van der Waals surface area contributed by atoms with Crippen LogP contribution in [0.1, 0.15) is 82.5 Å². The number of piperidine rings is 1. The fourth-order valence-corrected chi connectivity index (χ4v) is 4.74. The molecule has 2 aliphatic rings. The van der Waals surface area contributed by atoms with Crippen molar-refractivity contribution in [1.29, 1.82) is 0 Å². The lowest BCUT2D eigenvalue weighted by atomic mass is 9.87.